The van der Waals surface area contributed by atoms with Gasteiger partial charge in [0.25, 0.3) is 11.8 Å². The molecule has 2 aliphatic rings. The Balaban J connectivity index is 1.13. The van der Waals surface area contributed by atoms with Crippen LogP contribution in [0.3, 0.4) is 0 Å². The summed E-state index contributed by atoms with van der Waals surface area (Å²) in [5, 5.41) is 9.14. The van der Waals surface area contributed by atoms with Crippen LogP contribution in [0.25, 0.3) is 0 Å². The summed E-state index contributed by atoms with van der Waals surface area (Å²) in [7, 11) is 0. The van der Waals surface area contributed by atoms with Gasteiger partial charge >= 0.3 is 12.0 Å². The fourth-order valence-electron chi connectivity index (χ4n) is 5.62. The van der Waals surface area contributed by atoms with Gasteiger partial charge in [-0.3, -0.25) is 14.4 Å². The molecule has 22 nitrogen and oxygen atoms in total. The Morgan fingerprint density at radius 3 is 1.22 bits per heavy atom. The molecule has 2 fully saturated rings. The van der Waals surface area contributed by atoms with Crippen molar-refractivity contribution < 1.29 is 85.7 Å². The van der Waals surface area contributed by atoms with Gasteiger partial charge in [0.15, 0.2) is 0 Å². The lowest BCUT2D eigenvalue weighted by Gasteiger charge is -2.13. The number of hydroxylamine groups is 2. The Morgan fingerprint density at radius 1 is 0.492 bits per heavy atom. The van der Waals surface area contributed by atoms with Crippen molar-refractivity contribution in [2.45, 2.75) is 70.4 Å². The van der Waals surface area contributed by atoms with Crippen LogP contribution in [-0.2, 0) is 80.9 Å². The molecule has 63 heavy (non-hydrogen) atoms. The molecular weight excluding hydrogens is 836 g/mol. The van der Waals surface area contributed by atoms with E-state index in [-0.39, 0.29) is 56.5 Å². The number of urea groups is 1. The first-order valence-electron chi connectivity index (χ1n) is 22.2. The number of carbonyl (C=O) groups excluding carboxylic acids is 5. The molecule has 0 radical (unpaired) electrons. The molecule has 22 heteroatoms. The topological polar surface area (TPSA) is 245 Å². The Kier molecular flexibility index (Phi) is 35.9. The number of ether oxygens (including phenoxy) is 12. The van der Waals surface area contributed by atoms with Gasteiger partial charge in [-0.15, -0.1) is 5.06 Å². The van der Waals surface area contributed by atoms with E-state index in [0.717, 1.165) is 25.7 Å². The average Bonchev–Trinajstić information content (AvgIpc) is 3.77. The Labute approximate surface area is 371 Å². The van der Waals surface area contributed by atoms with E-state index in [1.807, 2.05) is 6.92 Å². The van der Waals surface area contributed by atoms with Crippen LogP contribution in [-0.4, -0.2) is 212 Å². The fourth-order valence-corrected chi connectivity index (χ4v) is 5.62. The van der Waals surface area contributed by atoms with Crippen molar-refractivity contribution in [3.63, 3.8) is 0 Å². The highest BCUT2D eigenvalue weighted by atomic mass is 16.7. The van der Waals surface area contributed by atoms with Gasteiger partial charge < -0.3 is 77.6 Å². The molecule has 2 heterocycles. The number of hydrogen-bond acceptors (Lipinski definition) is 18. The molecule has 0 aromatic rings. The van der Waals surface area contributed by atoms with Crippen LogP contribution in [0.5, 0.6) is 0 Å². The molecule has 2 rings (SSSR count). The summed E-state index contributed by atoms with van der Waals surface area (Å²) < 4.78 is 65.5. The van der Waals surface area contributed by atoms with E-state index in [2.05, 4.69) is 16.0 Å². The summed E-state index contributed by atoms with van der Waals surface area (Å²) in [4.78, 5) is 62.5. The Hall–Kier alpha value is -3.13. The van der Waals surface area contributed by atoms with Crippen molar-refractivity contribution in [3.05, 3.63) is 0 Å². The second kappa shape index (κ2) is 40.4. The van der Waals surface area contributed by atoms with Crippen LogP contribution in [0.4, 0.5) is 4.79 Å². The minimum atomic E-state index is -0.704. The van der Waals surface area contributed by atoms with E-state index in [4.69, 9.17) is 61.7 Å². The highest BCUT2D eigenvalue weighted by molar-refractivity contribution is 6.01. The van der Waals surface area contributed by atoms with Gasteiger partial charge in [0.2, 0.25) is 5.91 Å². The number of imide groups is 1. The number of nitrogens with zero attached hydrogens (tertiary/aromatic N) is 1. The molecule has 2 saturated heterocycles. The van der Waals surface area contributed by atoms with Gasteiger partial charge in [0.05, 0.1) is 171 Å². The molecule has 0 aliphatic carbocycles. The van der Waals surface area contributed by atoms with Crippen LogP contribution in [0.15, 0.2) is 0 Å². The number of rotatable bonds is 46. The van der Waals surface area contributed by atoms with E-state index in [1.54, 1.807) is 0 Å². The highest BCUT2D eigenvalue weighted by Gasteiger charge is 2.32. The number of amides is 5. The number of unbranched alkanes of at least 4 members (excludes halogenated alkanes) is 2. The number of carbonyl (C=O) groups is 5. The van der Waals surface area contributed by atoms with Crippen LogP contribution < -0.4 is 16.0 Å². The minimum absolute atomic E-state index is 0.0265. The Morgan fingerprint density at radius 2 is 0.857 bits per heavy atom. The van der Waals surface area contributed by atoms with Gasteiger partial charge in [0, 0.05) is 31.8 Å². The van der Waals surface area contributed by atoms with Crippen LogP contribution >= 0.6 is 0 Å². The van der Waals surface area contributed by atoms with Crippen molar-refractivity contribution in [1.82, 2.24) is 21.0 Å². The van der Waals surface area contributed by atoms with E-state index in [9.17, 15) is 24.0 Å². The largest absolute Gasteiger partial charge is 0.378 e. The van der Waals surface area contributed by atoms with E-state index in [1.165, 1.54) is 0 Å². The third-order valence-electron chi connectivity index (χ3n) is 9.01. The predicted octanol–water partition coefficient (Wildman–Crippen LogP) is 0.320. The second-order valence-corrected chi connectivity index (χ2v) is 14.1. The SMILES string of the molecule is C[C@@H]1NC(=O)N[C@@H]1CCCCCC(=O)NCCOCCOCCOCCOCCOCCOCCOCCOCCOCCOCCOCCOCCC(=O)ON1C(=O)CCC1=O. The summed E-state index contributed by atoms with van der Waals surface area (Å²) in [6.07, 6.45) is 4.20. The zero-order valence-electron chi connectivity index (χ0n) is 37.3. The van der Waals surface area contributed by atoms with E-state index >= 15 is 0 Å². The average molecular weight is 911 g/mol. The molecule has 5 amide bonds. The lowest BCUT2D eigenvalue weighted by atomic mass is 10.0. The molecule has 3 N–H and O–H groups in total. The van der Waals surface area contributed by atoms with Gasteiger partial charge in [-0.1, -0.05) is 12.8 Å². The standard InChI is InChI=1S/C41H74N4O18/c1-35-36(44-41(50)43-35)5-3-2-4-6-37(46)42-10-12-52-14-16-54-18-20-56-22-24-58-26-28-60-30-32-62-34-33-61-31-29-59-27-25-57-23-21-55-19-17-53-15-13-51-11-9-40(49)63-45-38(47)7-8-39(45)48/h35-36H,2-34H2,1H3,(H,42,46)(H2,43,44,50)/t35-,36+/m0/s1. The van der Waals surface area contributed by atoms with Crippen molar-refractivity contribution >= 4 is 29.7 Å². The minimum Gasteiger partial charge on any atom is -0.378 e. The molecule has 2 atom stereocenters. The van der Waals surface area contributed by atoms with Gasteiger partial charge in [-0.05, 0) is 19.8 Å². The first-order valence-corrected chi connectivity index (χ1v) is 22.2. The predicted molar refractivity (Wildman–Crippen MR) is 223 cm³/mol. The fraction of sp³-hybridized carbons (Fsp3) is 0.878. The van der Waals surface area contributed by atoms with Crippen LogP contribution in [0.2, 0.25) is 0 Å². The monoisotopic (exact) mass is 910 g/mol. The van der Waals surface area contributed by atoms with Gasteiger partial charge in [0.1, 0.15) is 0 Å². The lowest BCUT2D eigenvalue weighted by molar-refractivity contribution is -0.198. The van der Waals surface area contributed by atoms with Crippen molar-refractivity contribution in [2.24, 2.45) is 0 Å². The quantitative estimate of drug-likeness (QED) is 0.0550. The Bertz CT molecular complexity index is 1170. The first kappa shape index (κ1) is 56.0. The molecule has 0 aromatic carbocycles. The summed E-state index contributed by atoms with van der Waals surface area (Å²) >= 11 is 0. The molecule has 2 aliphatic heterocycles. The first-order chi connectivity index (χ1) is 30.9. The van der Waals surface area contributed by atoms with Crippen molar-refractivity contribution in [1.29, 1.82) is 0 Å². The zero-order chi connectivity index (χ0) is 45.3. The molecule has 0 aromatic heterocycles. The zero-order valence-corrected chi connectivity index (χ0v) is 37.3. The summed E-state index contributed by atoms with van der Waals surface area (Å²) in [6, 6.07) is 0.220. The second-order valence-electron chi connectivity index (χ2n) is 14.1. The summed E-state index contributed by atoms with van der Waals surface area (Å²) in [6.45, 7) is 12.6. The van der Waals surface area contributed by atoms with Crippen molar-refractivity contribution in [3.8, 4) is 0 Å². The molecule has 0 unspecified atom stereocenters. The highest BCUT2D eigenvalue weighted by Crippen LogP contribution is 2.13. The number of hydrogen-bond donors (Lipinski definition) is 3. The lowest BCUT2D eigenvalue weighted by Crippen LogP contribution is -2.32. The third-order valence-corrected chi connectivity index (χ3v) is 9.01. The number of nitrogens with one attached hydrogen (secondary N) is 3. The van der Waals surface area contributed by atoms with Crippen LogP contribution in [0.1, 0.15) is 58.3 Å². The molecule has 0 spiro atoms. The maximum Gasteiger partial charge on any atom is 0.335 e. The summed E-state index contributed by atoms with van der Waals surface area (Å²) in [5.74, 6) is -1.71. The molecular formula is C41H74N4O18. The third kappa shape index (κ3) is 33.1. The summed E-state index contributed by atoms with van der Waals surface area (Å²) in [5.41, 5.74) is 0. The van der Waals surface area contributed by atoms with Crippen LogP contribution in [0, 0.1) is 0 Å². The smallest absolute Gasteiger partial charge is 0.335 e. The van der Waals surface area contributed by atoms with Gasteiger partial charge in [-0.25, -0.2) is 9.59 Å². The van der Waals surface area contributed by atoms with E-state index < -0.39 is 17.8 Å². The van der Waals surface area contributed by atoms with Crippen molar-refractivity contribution in [2.75, 3.05) is 165 Å². The maximum absolute atomic E-state index is 12.0. The van der Waals surface area contributed by atoms with Gasteiger partial charge in [-0.2, -0.15) is 0 Å². The van der Waals surface area contributed by atoms with E-state index in [0.29, 0.717) is 163 Å². The normalized spacial score (nSPS) is 16.2. The molecule has 0 bridgehead atoms. The molecule has 0 saturated carbocycles. The molecule has 366 valence electrons. The maximum atomic E-state index is 12.0.